The number of amides is 1. The van der Waals surface area contributed by atoms with E-state index in [4.69, 9.17) is 0 Å². The second-order valence-electron chi connectivity index (χ2n) is 8.95. The lowest BCUT2D eigenvalue weighted by molar-refractivity contribution is -0.137. The first-order valence-electron chi connectivity index (χ1n) is 11.6. The topological polar surface area (TPSA) is 98.0 Å². The molecule has 3 N–H and O–H groups in total. The quantitative estimate of drug-likeness (QED) is 0.408. The summed E-state index contributed by atoms with van der Waals surface area (Å²) in [6, 6.07) is 0. The molecule has 0 spiro atoms. The fraction of sp³-hybridized carbons (Fsp3) is 0.773. The number of nitrogens with one attached hydrogen (secondary N) is 2. The number of aliphatic hydroxyl groups is 1. The van der Waals surface area contributed by atoms with Gasteiger partial charge in [0.05, 0.1) is 12.7 Å². The number of carbonyl (C=O) groups is 1. The van der Waals surface area contributed by atoms with Gasteiger partial charge < -0.3 is 20.6 Å². The fourth-order valence-electron chi connectivity index (χ4n) is 4.32. The van der Waals surface area contributed by atoms with Crippen molar-refractivity contribution in [2.24, 2.45) is 18.0 Å². The highest BCUT2D eigenvalue weighted by atomic mass is 16.3. The molecule has 9 nitrogen and oxygen atoms in total. The Bertz CT molecular complexity index is 732. The van der Waals surface area contributed by atoms with E-state index >= 15 is 0 Å². The first-order valence-corrected chi connectivity index (χ1v) is 11.6. The fourth-order valence-corrected chi connectivity index (χ4v) is 4.32. The Kier molecular flexibility index (Phi) is 8.31. The van der Waals surface area contributed by atoms with Crippen molar-refractivity contribution in [3.05, 3.63) is 18.0 Å². The Morgan fingerprint density at radius 2 is 1.97 bits per heavy atom. The van der Waals surface area contributed by atoms with Crippen LogP contribution in [0.5, 0.6) is 0 Å². The highest BCUT2D eigenvalue weighted by molar-refractivity contribution is 5.80. The van der Waals surface area contributed by atoms with Crippen LogP contribution >= 0.6 is 0 Å². The van der Waals surface area contributed by atoms with E-state index in [0.717, 1.165) is 64.2 Å². The molecule has 3 rings (SSSR count). The molecule has 1 atom stereocenters. The van der Waals surface area contributed by atoms with Crippen LogP contribution in [-0.4, -0.2) is 88.9 Å². The summed E-state index contributed by atoms with van der Waals surface area (Å²) in [6.07, 6.45) is 8.04. The van der Waals surface area contributed by atoms with Crippen molar-refractivity contribution in [3.63, 3.8) is 0 Å². The number of nitrogens with zero attached hydrogens (tertiary/aromatic N) is 5. The molecule has 174 valence electrons. The number of piperazine rings is 1. The van der Waals surface area contributed by atoms with E-state index in [1.54, 1.807) is 17.8 Å². The summed E-state index contributed by atoms with van der Waals surface area (Å²) in [7, 11) is 1.83. The van der Waals surface area contributed by atoms with Crippen molar-refractivity contribution < 1.29 is 9.90 Å². The summed E-state index contributed by atoms with van der Waals surface area (Å²) < 4.78 is 1.68. The van der Waals surface area contributed by atoms with Gasteiger partial charge in [0.25, 0.3) is 0 Å². The predicted molar refractivity (Wildman–Crippen MR) is 122 cm³/mol. The Labute approximate surface area is 185 Å². The zero-order chi connectivity index (χ0) is 22.3. The molecule has 1 unspecified atom stereocenters. The second-order valence-corrected chi connectivity index (χ2v) is 8.95. The maximum absolute atomic E-state index is 12.6. The largest absolute Gasteiger partial charge is 0.383 e. The molecular weight excluding hydrogens is 394 g/mol. The number of carbonyl (C=O) groups excluding carboxylic acids is 1. The molecule has 1 aliphatic heterocycles. The lowest BCUT2D eigenvalue weighted by Gasteiger charge is -2.36. The van der Waals surface area contributed by atoms with Gasteiger partial charge in [-0.1, -0.05) is 12.8 Å². The molecule has 2 fully saturated rings. The van der Waals surface area contributed by atoms with Crippen molar-refractivity contribution in [3.8, 4) is 0 Å². The molecule has 1 aliphatic carbocycles. The van der Waals surface area contributed by atoms with Crippen molar-refractivity contribution in [1.29, 1.82) is 0 Å². The summed E-state index contributed by atoms with van der Waals surface area (Å²) in [5.41, 5.74) is -0.321. The smallest absolute Gasteiger partial charge is 0.225 e. The van der Waals surface area contributed by atoms with Gasteiger partial charge in [0, 0.05) is 70.5 Å². The van der Waals surface area contributed by atoms with Crippen LogP contribution in [0.1, 0.15) is 45.1 Å². The average molecular weight is 434 g/mol. The molecule has 0 bridgehead atoms. The van der Waals surface area contributed by atoms with E-state index < -0.39 is 5.60 Å². The van der Waals surface area contributed by atoms with Gasteiger partial charge >= 0.3 is 0 Å². The van der Waals surface area contributed by atoms with Gasteiger partial charge in [0.1, 0.15) is 5.60 Å². The molecule has 1 aromatic rings. The first-order chi connectivity index (χ1) is 14.9. The zero-order valence-electron chi connectivity index (χ0n) is 19.3. The third kappa shape index (κ3) is 6.67. The minimum absolute atomic E-state index is 0.246. The van der Waals surface area contributed by atoms with Gasteiger partial charge in [0.2, 0.25) is 5.91 Å². The highest BCUT2D eigenvalue weighted by Gasteiger charge is 2.29. The predicted octanol–water partition coefficient (Wildman–Crippen LogP) is 0.517. The van der Waals surface area contributed by atoms with Gasteiger partial charge in [-0.3, -0.25) is 14.4 Å². The van der Waals surface area contributed by atoms with E-state index in [-0.39, 0.29) is 12.5 Å². The van der Waals surface area contributed by atoms with Crippen LogP contribution in [0.15, 0.2) is 17.4 Å². The van der Waals surface area contributed by atoms with E-state index in [1.807, 2.05) is 20.2 Å². The molecule has 2 aliphatic rings. The normalized spacial score (nSPS) is 20.6. The molecule has 1 amide bonds. The Morgan fingerprint density at radius 3 is 2.58 bits per heavy atom. The van der Waals surface area contributed by atoms with E-state index in [9.17, 15) is 9.90 Å². The van der Waals surface area contributed by atoms with E-state index in [0.29, 0.717) is 11.9 Å². The van der Waals surface area contributed by atoms with Crippen LogP contribution < -0.4 is 10.6 Å². The number of aryl methyl sites for hydroxylation is 1. The van der Waals surface area contributed by atoms with Crippen LogP contribution in [0.25, 0.3) is 0 Å². The van der Waals surface area contributed by atoms with Crippen LogP contribution in [0, 0.1) is 5.92 Å². The average Bonchev–Trinajstić information content (AvgIpc) is 3.44. The molecule has 1 aromatic heterocycles. The monoisotopic (exact) mass is 433 g/mol. The van der Waals surface area contributed by atoms with E-state index in [2.05, 4.69) is 30.5 Å². The second kappa shape index (κ2) is 10.9. The summed E-state index contributed by atoms with van der Waals surface area (Å²) in [6.45, 7) is 9.94. The van der Waals surface area contributed by atoms with Gasteiger partial charge in [0.15, 0.2) is 5.96 Å². The van der Waals surface area contributed by atoms with E-state index in [1.165, 1.54) is 12.8 Å². The number of hydrogen-bond donors (Lipinski definition) is 3. The van der Waals surface area contributed by atoms with Gasteiger partial charge in [-0.25, -0.2) is 4.99 Å². The lowest BCUT2D eigenvalue weighted by Crippen LogP contribution is -2.52. The minimum atomic E-state index is -1.07. The molecule has 1 saturated heterocycles. The third-order valence-corrected chi connectivity index (χ3v) is 6.32. The van der Waals surface area contributed by atoms with Gasteiger partial charge in [-0.2, -0.15) is 5.10 Å². The SMILES string of the molecule is CCNC(=NCC(C)(O)c1cnn(C)c1)NCCN1CCN(C(=O)C2CCCC2)CC1. The first kappa shape index (κ1) is 23.5. The number of aromatic nitrogens is 2. The van der Waals surface area contributed by atoms with Crippen molar-refractivity contribution in [2.75, 3.05) is 52.4 Å². The molecule has 31 heavy (non-hydrogen) atoms. The zero-order valence-corrected chi connectivity index (χ0v) is 19.3. The number of aliphatic imine (C=N–C) groups is 1. The van der Waals surface area contributed by atoms with Gasteiger partial charge in [-0.05, 0) is 26.7 Å². The number of rotatable bonds is 8. The Morgan fingerprint density at radius 1 is 1.26 bits per heavy atom. The Balaban J connectivity index is 1.41. The highest BCUT2D eigenvalue weighted by Crippen LogP contribution is 2.26. The van der Waals surface area contributed by atoms with Crippen LogP contribution in [0.4, 0.5) is 0 Å². The summed E-state index contributed by atoms with van der Waals surface area (Å²) in [5.74, 6) is 1.34. The standard InChI is InChI=1S/C22H39N7O2/c1-4-23-21(25-17-22(2,31)19-15-26-27(3)16-19)24-9-10-28-11-13-29(14-12-28)20(30)18-7-5-6-8-18/h15-16,18,31H,4-14,17H2,1-3H3,(H2,23,24,25). The van der Waals surface area contributed by atoms with Crippen molar-refractivity contribution in [2.45, 2.75) is 45.1 Å². The maximum atomic E-state index is 12.6. The lowest BCUT2D eigenvalue weighted by atomic mass is 10.0. The minimum Gasteiger partial charge on any atom is -0.383 e. The van der Waals surface area contributed by atoms with Crippen LogP contribution in [0.3, 0.4) is 0 Å². The number of hydrogen-bond acceptors (Lipinski definition) is 5. The molecule has 0 aromatic carbocycles. The molecule has 0 radical (unpaired) electrons. The molecular formula is C22H39N7O2. The van der Waals surface area contributed by atoms with Crippen molar-refractivity contribution in [1.82, 2.24) is 30.2 Å². The maximum Gasteiger partial charge on any atom is 0.225 e. The Hall–Kier alpha value is -2.13. The third-order valence-electron chi connectivity index (χ3n) is 6.32. The summed E-state index contributed by atoms with van der Waals surface area (Å²) in [5, 5.41) is 21.5. The van der Waals surface area contributed by atoms with Gasteiger partial charge in [-0.15, -0.1) is 0 Å². The molecule has 1 saturated carbocycles. The molecule has 2 heterocycles. The molecule has 9 heteroatoms. The number of guanidine groups is 1. The summed E-state index contributed by atoms with van der Waals surface area (Å²) in [4.78, 5) is 21.6. The van der Waals surface area contributed by atoms with Crippen LogP contribution in [0.2, 0.25) is 0 Å². The van der Waals surface area contributed by atoms with Crippen molar-refractivity contribution >= 4 is 11.9 Å². The van der Waals surface area contributed by atoms with Crippen LogP contribution in [-0.2, 0) is 17.4 Å². The summed E-state index contributed by atoms with van der Waals surface area (Å²) >= 11 is 0.